The fraction of sp³-hybridized carbons (Fsp3) is 0.167. The summed E-state index contributed by atoms with van der Waals surface area (Å²) in [5, 5.41) is 3.20. The highest BCUT2D eigenvalue weighted by molar-refractivity contribution is 6.42. The Bertz CT molecular complexity index is 876. The van der Waals surface area contributed by atoms with E-state index in [4.69, 9.17) is 27.9 Å². The van der Waals surface area contributed by atoms with E-state index in [1.165, 1.54) is 37.4 Å². The topological polar surface area (TPSA) is 75.7 Å². The van der Waals surface area contributed by atoms with Gasteiger partial charge in [0.2, 0.25) is 5.91 Å². The standard InChI is InChI=1S/C18H15Cl2FN2O4/c1-23(9-16(24)22-13-5-6-14(19)15(20)8-13)17(25)10-27-18(26)11-3-2-4-12(21)7-11/h2-8H,9-10H2,1H3,(H,22,24). The lowest BCUT2D eigenvalue weighted by molar-refractivity contribution is -0.136. The largest absolute Gasteiger partial charge is 0.452 e. The molecule has 2 rings (SSSR count). The molecule has 0 radical (unpaired) electrons. The number of nitrogens with one attached hydrogen (secondary N) is 1. The van der Waals surface area contributed by atoms with E-state index < -0.39 is 30.2 Å². The quantitative estimate of drug-likeness (QED) is 0.737. The first-order chi connectivity index (χ1) is 12.8. The molecule has 2 aromatic rings. The van der Waals surface area contributed by atoms with Gasteiger partial charge in [-0.1, -0.05) is 29.3 Å². The van der Waals surface area contributed by atoms with Crippen molar-refractivity contribution in [1.82, 2.24) is 4.90 Å². The van der Waals surface area contributed by atoms with Crippen LogP contribution in [-0.4, -0.2) is 42.9 Å². The maximum atomic E-state index is 13.1. The summed E-state index contributed by atoms with van der Waals surface area (Å²) in [6.45, 7) is -0.845. The van der Waals surface area contributed by atoms with Crippen LogP contribution in [0.3, 0.4) is 0 Å². The molecule has 0 heterocycles. The molecule has 0 saturated heterocycles. The summed E-state index contributed by atoms with van der Waals surface area (Å²) in [4.78, 5) is 36.9. The molecule has 0 aliphatic rings. The Morgan fingerprint density at radius 3 is 2.52 bits per heavy atom. The molecular weight excluding hydrogens is 398 g/mol. The van der Waals surface area contributed by atoms with E-state index in [1.807, 2.05) is 0 Å². The second kappa shape index (κ2) is 9.34. The Kier molecular flexibility index (Phi) is 7.15. The molecule has 6 nitrogen and oxygen atoms in total. The number of ether oxygens (including phenoxy) is 1. The lowest BCUT2D eigenvalue weighted by Crippen LogP contribution is -2.37. The maximum absolute atomic E-state index is 13.1. The van der Waals surface area contributed by atoms with Gasteiger partial charge in [-0.15, -0.1) is 0 Å². The molecule has 0 fully saturated rings. The molecule has 0 unspecified atom stereocenters. The third kappa shape index (κ3) is 6.23. The van der Waals surface area contributed by atoms with Gasteiger partial charge in [-0.3, -0.25) is 9.59 Å². The van der Waals surface area contributed by atoms with E-state index in [9.17, 15) is 18.8 Å². The zero-order valence-electron chi connectivity index (χ0n) is 14.2. The van der Waals surface area contributed by atoms with E-state index in [1.54, 1.807) is 6.07 Å². The Balaban J connectivity index is 1.83. The Morgan fingerprint density at radius 1 is 1.11 bits per heavy atom. The van der Waals surface area contributed by atoms with Crippen LogP contribution in [-0.2, 0) is 14.3 Å². The second-order valence-electron chi connectivity index (χ2n) is 5.51. The van der Waals surface area contributed by atoms with Gasteiger partial charge >= 0.3 is 5.97 Å². The van der Waals surface area contributed by atoms with E-state index in [0.29, 0.717) is 10.7 Å². The number of likely N-dealkylation sites (N-methyl/N-ethyl adjacent to an activating group) is 1. The summed E-state index contributed by atoms with van der Waals surface area (Å²) >= 11 is 11.7. The van der Waals surface area contributed by atoms with Crippen molar-refractivity contribution in [2.24, 2.45) is 0 Å². The van der Waals surface area contributed by atoms with Crippen molar-refractivity contribution in [3.63, 3.8) is 0 Å². The normalized spacial score (nSPS) is 10.2. The van der Waals surface area contributed by atoms with Crippen LogP contribution in [0.15, 0.2) is 42.5 Å². The number of carbonyl (C=O) groups is 3. The molecule has 9 heteroatoms. The molecule has 0 spiro atoms. The predicted octanol–water partition coefficient (Wildman–Crippen LogP) is 3.39. The minimum Gasteiger partial charge on any atom is -0.452 e. The van der Waals surface area contributed by atoms with Crippen LogP contribution in [0.5, 0.6) is 0 Å². The van der Waals surface area contributed by atoms with E-state index >= 15 is 0 Å². The van der Waals surface area contributed by atoms with E-state index in [2.05, 4.69) is 5.32 Å². The van der Waals surface area contributed by atoms with E-state index in [0.717, 1.165) is 11.0 Å². The molecule has 0 aliphatic heterocycles. The summed E-state index contributed by atoms with van der Waals surface area (Å²) in [6, 6.07) is 9.47. The minimum atomic E-state index is -0.837. The Labute approximate surface area is 164 Å². The highest BCUT2D eigenvalue weighted by Gasteiger charge is 2.16. The number of hydrogen-bond acceptors (Lipinski definition) is 4. The fourth-order valence-electron chi connectivity index (χ4n) is 2.01. The molecule has 0 aliphatic carbocycles. The summed E-state index contributed by atoms with van der Waals surface area (Å²) in [7, 11) is 1.38. The van der Waals surface area contributed by atoms with Gasteiger partial charge in [0.05, 0.1) is 22.2 Å². The molecule has 142 valence electrons. The van der Waals surface area contributed by atoms with Crippen LogP contribution in [0.1, 0.15) is 10.4 Å². The van der Waals surface area contributed by atoms with Crippen molar-refractivity contribution in [2.75, 3.05) is 25.5 Å². The van der Waals surface area contributed by atoms with Gasteiger partial charge in [-0.25, -0.2) is 9.18 Å². The first kappa shape index (κ1) is 20.7. The number of amides is 2. The van der Waals surface area contributed by atoms with Crippen molar-refractivity contribution in [3.8, 4) is 0 Å². The van der Waals surface area contributed by atoms with Crippen molar-refractivity contribution in [2.45, 2.75) is 0 Å². The number of carbonyl (C=O) groups excluding carboxylic acids is 3. The van der Waals surface area contributed by atoms with Crippen LogP contribution in [0, 0.1) is 5.82 Å². The molecule has 27 heavy (non-hydrogen) atoms. The van der Waals surface area contributed by atoms with Crippen LogP contribution in [0.4, 0.5) is 10.1 Å². The molecule has 0 saturated carbocycles. The fourth-order valence-corrected chi connectivity index (χ4v) is 2.31. The van der Waals surface area contributed by atoms with Gasteiger partial charge in [0, 0.05) is 12.7 Å². The highest BCUT2D eigenvalue weighted by atomic mass is 35.5. The third-order valence-electron chi connectivity index (χ3n) is 3.40. The second-order valence-corrected chi connectivity index (χ2v) is 6.33. The SMILES string of the molecule is CN(CC(=O)Nc1ccc(Cl)c(Cl)c1)C(=O)COC(=O)c1cccc(F)c1. The molecular formula is C18H15Cl2FN2O4. The van der Waals surface area contributed by atoms with Crippen molar-refractivity contribution in [1.29, 1.82) is 0 Å². The molecule has 2 amide bonds. The Hall–Kier alpha value is -2.64. The minimum absolute atomic E-state index is 0.0113. The third-order valence-corrected chi connectivity index (χ3v) is 4.14. The predicted molar refractivity (Wildman–Crippen MR) is 99.4 cm³/mol. The summed E-state index contributed by atoms with van der Waals surface area (Å²) < 4.78 is 17.9. The summed E-state index contributed by atoms with van der Waals surface area (Å²) in [5.41, 5.74) is 0.413. The van der Waals surface area contributed by atoms with Gasteiger partial charge in [0.25, 0.3) is 5.91 Å². The first-order valence-electron chi connectivity index (χ1n) is 7.68. The van der Waals surface area contributed by atoms with Gasteiger partial charge < -0.3 is 15.0 Å². The maximum Gasteiger partial charge on any atom is 0.338 e. The van der Waals surface area contributed by atoms with Gasteiger partial charge in [-0.05, 0) is 36.4 Å². The number of halogens is 3. The molecule has 1 N–H and O–H groups in total. The molecule has 0 atom stereocenters. The number of rotatable bonds is 6. The van der Waals surface area contributed by atoms with Crippen LogP contribution < -0.4 is 5.32 Å². The van der Waals surface area contributed by atoms with Crippen molar-refractivity contribution in [3.05, 3.63) is 63.9 Å². The number of benzene rings is 2. The van der Waals surface area contributed by atoms with Crippen LogP contribution >= 0.6 is 23.2 Å². The van der Waals surface area contributed by atoms with Crippen molar-refractivity contribution < 1.29 is 23.5 Å². The van der Waals surface area contributed by atoms with Crippen LogP contribution in [0.2, 0.25) is 10.0 Å². The zero-order valence-corrected chi connectivity index (χ0v) is 15.7. The average Bonchev–Trinajstić information content (AvgIpc) is 2.62. The summed E-state index contributed by atoms with van der Waals surface area (Å²) in [5.74, 6) is -2.49. The van der Waals surface area contributed by atoms with Gasteiger partial charge in [-0.2, -0.15) is 0 Å². The Morgan fingerprint density at radius 2 is 1.85 bits per heavy atom. The average molecular weight is 413 g/mol. The summed E-state index contributed by atoms with van der Waals surface area (Å²) in [6.07, 6.45) is 0. The number of hydrogen-bond donors (Lipinski definition) is 1. The van der Waals surface area contributed by atoms with Gasteiger partial charge in [0.15, 0.2) is 6.61 Å². The van der Waals surface area contributed by atoms with E-state index in [-0.39, 0.29) is 17.1 Å². The number of esters is 1. The lowest BCUT2D eigenvalue weighted by atomic mass is 10.2. The highest BCUT2D eigenvalue weighted by Crippen LogP contribution is 2.24. The molecule has 0 bridgehead atoms. The van der Waals surface area contributed by atoms with Crippen molar-refractivity contribution >= 4 is 46.7 Å². The number of nitrogens with zero attached hydrogens (tertiary/aromatic N) is 1. The van der Waals surface area contributed by atoms with Gasteiger partial charge in [0.1, 0.15) is 5.82 Å². The lowest BCUT2D eigenvalue weighted by Gasteiger charge is -2.17. The first-order valence-corrected chi connectivity index (χ1v) is 8.43. The smallest absolute Gasteiger partial charge is 0.338 e. The molecule has 0 aromatic heterocycles. The van der Waals surface area contributed by atoms with Crippen LogP contribution in [0.25, 0.3) is 0 Å². The molecule has 2 aromatic carbocycles. The monoisotopic (exact) mass is 412 g/mol. The zero-order chi connectivity index (χ0) is 20.0. The number of anilines is 1.